The first-order valence-corrected chi connectivity index (χ1v) is 16.7. The van der Waals surface area contributed by atoms with Gasteiger partial charge in [-0.1, -0.05) is 68.8 Å². The molecule has 0 aliphatic heterocycles. The second kappa shape index (κ2) is 15.5. The minimum atomic E-state index is -4.23. The summed E-state index contributed by atoms with van der Waals surface area (Å²) in [6.45, 7) is 7.39. The van der Waals surface area contributed by atoms with Crippen LogP contribution in [0.3, 0.4) is 0 Å². The Morgan fingerprint density at radius 3 is 2.04 bits per heavy atom. The van der Waals surface area contributed by atoms with Crippen molar-refractivity contribution in [3.63, 3.8) is 0 Å². The highest BCUT2D eigenvalue weighted by Gasteiger charge is 2.33. The molecule has 0 radical (unpaired) electrons. The van der Waals surface area contributed by atoms with Crippen molar-refractivity contribution in [1.29, 1.82) is 0 Å². The third-order valence-electron chi connectivity index (χ3n) is 7.33. The van der Waals surface area contributed by atoms with Crippen molar-refractivity contribution in [1.82, 2.24) is 10.2 Å². The molecule has 0 saturated carbocycles. The molecule has 8 nitrogen and oxygen atoms in total. The molecule has 10 heteroatoms. The van der Waals surface area contributed by atoms with Crippen LogP contribution in [0.5, 0.6) is 11.5 Å². The molecule has 2 amide bonds. The molecule has 0 saturated heterocycles. The maximum absolute atomic E-state index is 14.2. The fraction of sp³-hybridized carbons (Fsp3) is 0.278. The van der Waals surface area contributed by atoms with Crippen LogP contribution in [0.15, 0.2) is 108 Å². The van der Waals surface area contributed by atoms with E-state index in [-0.39, 0.29) is 35.4 Å². The highest BCUT2D eigenvalue weighted by molar-refractivity contribution is 7.92. The number of sulfonamides is 1. The minimum Gasteiger partial charge on any atom is -0.457 e. The number of anilines is 1. The first kappa shape index (κ1) is 34.2. The number of carbonyl (C=O) groups excluding carboxylic acids is 2. The van der Waals surface area contributed by atoms with E-state index in [4.69, 9.17) is 4.74 Å². The first-order chi connectivity index (χ1) is 22.0. The van der Waals surface area contributed by atoms with Gasteiger partial charge in [0.15, 0.2) is 0 Å². The molecule has 4 aromatic rings. The summed E-state index contributed by atoms with van der Waals surface area (Å²) in [4.78, 5) is 29.0. The standard InChI is InChI=1S/C36H40FN3O5S/c1-5-34(36(42)38-23-26(2)3)39(24-28-13-15-29(37)16-14-28)35(41)25-40(46(43,44)33-21-11-27(4)12-22-33)30-17-19-32(20-18-30)45-31-9-7-6-8-10-31/h6-22,26,34H,5,23-25H2,1-4H3,(H,38,42)/t34-/m1/s1. The lowest BCUT2D eigenvalue weighted by Gasteiger charge is -2.33. The van der Waals surface area contributed by atoms with Gasteiger partial charge in [0, 0.05) is 13.1 Å². The Morgan fingerprint density at radius 2 is 1.46 bits per heavy atom. The number of benzene rings is 4. The predicted octanol–water partition coefficient (Wildman–Crippen LogP) is 6.70. The predicted molar refractivity (Wildman–Crippen MR) is 178 cm³/mol. The zero-order chi connectivity index (χ0) is 33.3. The molecule has 0 aromatic heterocycles. The summed E-state index contributed by atoms with van der Waals surface area (Å²) in [5, 5.41) is 2.90. The molecule has 4 aromatic carbocycles. The monoisotopic (exact) mass is 645 g/mol. The summed E-state index contributed by atoms with van der Waals surface area (Å²) >= 11 is 0. The molecule has 242 valence electrons. The molecule has 4 rings (SSSR count). The lowest BCUT2D eigenvalue weighted by Crippen LogP contribution is -2.52. The van der Waals surface area contributed by atoms with Gasteiger partial charge in [0.25, 0.3) is 10.0 Å². The van der Waals surface area contributed by atoms with Crippen LogP contribution >= 0.6 is 0 Å². The average Bonchev–Trinajstić information content (AvgIpc) is 3.04. The molecule has 1 atom stereocenters. The Bertz CT molecular complexity index is 1700. The van der Waals surface area contributed by atoms with E-state index in [0.29, 0.717) is 23.6 Å². The molecular weight excluding hydrogens is 605 g/mol. The Labute approximate surface area is 270 Å². The lowest BCUT2D eigenvalue weighted by molar-refractivity contribution is -0.140. The molecule has 46 heavy (non-hydrogen) atoms. The number of para-hydroxylation sites is 1. The smallest absolute Gasteiger partial charge is 0.264 e. The van der Waals surface area contributed by atoms with Gasteiger partial charge in [-0.2, -0.15) is 0 Å². The van der Waals surface area contributed by atoms with Crippen LogP contribution in [-0.2, 0) is 26.2 Å². The van der Waals surface area contributed by atoms with Gasteiger partial charge in [0.2, 0.25) is 11.8 Å². The maximum Gasteiger partial charge on any atom is 0.264 e. The Kier molecular flexibility index (Phi) is 11.5. The SMILES string of the molecule is CC[C@H](C(=O)NCC(C)C)N(Cc1ccc(F)cc1)C(=O)CN(c1ccc(Oc2ccccc2)cc1)S(=O)(=O)c1ccc(C)cc1. The molecule has 0 fully saturated rings. The summed E-state index contributed by atoms with van der Waals surface area (Å²) < 4.78 is 48.9. The van der Waals surface area contributed by atoms with Gasteiger partial charge in [0.05, 0.1) is 10.6 Å². The first-order valence-electron chi connectivity index (χ1n) is 15.2. The third-order valence-corrected chi connectivity index (χ3v) is 9.12. The van der Waals surface area contributed by atoms with Crippen LogP contribution in [0.4, 0.5) is 10.1 Å². The lowest BCUT2D eigenvalue weighted by atomic mass is 10.1. The summed E-state index contributed by atoms with van der Waals surface area (Å²) in [6.07, 6.45) is 0.285. The van der Waals surface area contributed by atoms with E-state index in [1.807, 2.05) is 39.0 Å². The molecule has 1 N–H and O–H groups in total. The van der Waals surface area contributed by atoms with Crippen LogP contribution in [0.2, 0.25) is 0 Å². The molecule has 0 heterocycles. The maximum atomic E-state index is 14.2. The van der Waals surface area contributed by atoms with Crippen LogP contribution in [0.25, 0.3) is 0 Å². The van der Waals surface area contributed by atoms with E-state index < -0.39 is 34.3 Å². The van der Waals surface area contributed by atoms with Crippen LogP contribution in [0, 0.1) is 18.7 Å². The number of hydrogen-bond acceptors (Lipinski definition) is 5. The van der Waals surface area contributed by atoms with E-state index in [0.717, 1.165) is 9.87 Å². The summed E-state index contributed by atoms with van der Waals surface area (Å²) in [6, 6.07) is 26.7. The average molecular weight is 646 g/mol. The summed E-state index contributed by atoms with van der Waals surface area (Å²) in [5.41, 5.74) is 1.72. The fourth-order valence-electron chi connectivity index (χ4n) is 4.80. The highest BCUT2D eigenvalue weighted by atomic mass is 32.2. The van der Waals surface area contributed by atoms with Crippen molar-refractivity contribution in [3.05, 3.63) is 120 Å². The van der Waals surface area contributed by atoms with E-state index in [9.17, 15) is 22.4 Å². The molecule has 0 spiro atoms. The summed E-state index contributed by atoms with van der Waals surface area (Å²) in [5.74, 6) is -0.0737. The number of aryl methyl sites for hydroxylation is 1. The quantitative estimate of drug-likeness (QED) is 0.165. The van der Waals surface area contributed by atoms with E-state index in [2.05, 4.69) is 5.32 Å². The molecular formula is C36H40FN3O5S. The molecule has 0 aliphatic carbocycles. The number of rotatable bonds is 14. The van der Waals surface area contributed by atoms with E-state index in [1.54, 1.807) is 67.6 Å². The van der Waals surface area contributed by atoms with Crippen molar-refractivity contribution in [3.8, 4) is 11.5 Å². The van der Waals surface area contributed by atoms with Gasteiger partial charge in [-0.3, -0.25) is 13.9 Å². The van der Waals surface area contributed by atoms with Crippen LogP contribution in [0.1, 0.15) is 38.3 Å². The summed E-state index contributed by atoms with van der Waals surface area (Å²) in [7, 11) is -4.23. The second-order valence-corrected chi connectivity index (χ2v) is 13.3. The van der Waals surface area contributed by atoms with Crippen molar-refractivity contribution < 1.29 is 27.1 Å². The van der Waals surface area contributed by atoms with Gasteiger partial charge in [-0.05, 0) is 85.5 Å². The van der Waals surface area contributed by atoms with Gasteiger partial charge >= 0.3 is 0 Å². The molecule has 0 aliphatic rings. The zero-order valence-electron chi connectivity index (χ0n) is 26.5. The van der Waals surface area contributed by atoms with Gasteiger partial charge in [0.1, 0.15) is 29.9 Å². The second-order valence-electron chi connectivity index (χ2n) is 11.4. The fourth-order valence-corrected chi connectivity index (χ4v) is 6.21. The number of ether oxygens (including phenoxy) is 1. The highest BCUT2D eigenvalue weighted by Crippen LogP contribution is 2.29. The van der Waals surface area contributed by atoms with Crippen LogP contribution in [-0.4, -0.2) is 44.3 Å². The Hall–Kier alpha value is -4.70. The zero-order valence-corrected chi connectivity index (χ0v) is 27.3. The number of amides is 2. The topological polar surface area (TPSA) is 96.0 Å². The number of carbonyl (C=O) groups is 2. The van der Waals surface area contributed by atoms with Crippen molar-refractivity contribution in [2.75, 3.05) is 17.4 Å². The van der Waals surface area contributed by atoms with Crippen molar-refractivity contribution in [2.24, 2.45) is 5.92 Å². The number of nitrogens with zero attached hydrogens (tertiary/aromatic N) is 2. The number of hydrogen-bond donors (Lipinski definition) is 1. The number of nitrogens with one attached hydrogen (secondary N) is 1. The minimum absolute atomic E-state index is 0.0160. The van der Waals surface area contributed by atoms with Gasteiger partial charge in [-0.15, -0.1) is 0 Å². The Balaban J connectivity index is 1.71. The van der Waals surface area contributed by atoms with E-state index in [1.165, 1.54) is 29.2 Å². The third kappa shape index (κ3) is 8.94. The van der Waals surface area contributed by atoms with Crippen molar-refractivity contribution in [2.45, 2.75) is 51.6 Å². The van der Waals surface area contributed by atoms with Gasteiger partial charge in [-0.25, -0.2) is 12.8 Å². The molecule has 0 bridgehead atoms. The van der Waals surface area contributed by atoms with Crippen molar-refractivity contribution >= 4 is 27.5 Å². The number of halogens is 1. The van der Waals surface area contributed by atoms with E-state index >= 15 is 0 Å². The normalized spacial score (nSPS) is 12.0. The van der Waals surface area contributed by atoms with Gasteiger partial charge < -0.3 is 15.0 Å². The Morgan fingerprint density at radius 1 is 0.848 bits per heavy atom. The largest absolute Gasteiger partial charge is 0.457 e. The van der Waals surface area contributed by atoms with Crippen LogP contribution < -0.4 is 14.4 Å². The molecule has 0 unspecified atom stereocenters.